The quantitative estimate of drug-likeness (QED) is 0.591. The molecule has 0 aliphatic heterocycles. The standard InChI is InChI=1S/C14H18BrNO4/c1-3-5-8-14(4-2,13(17)18)11-7-6-10(16(19)20)9-12(11)15/h6-7,9H,3-5,8H2,1-2H3,(H,17,18). The van der Waals surface area contributed by atoms with Crippen molar-refractivity contribution < 1.29 is 14.8 Å². The van der Waals surface area contributed by atoms with E-state index in [1.165, 1.54) is 12.1 Å². The molecule has 0 aliphatic rings. The average Bonchev–Trinajstić information content (AvgIpc) is 2.40. The van der Waals surface area contributed by atoms with Gasteiger partial charge in [0.25, 0.3) is 5.69 Å². The van der Waals surface area contributed by atoms with Gasteiger partial charge in [-0.25, -0.2) is 0 Å². The third-order valence-corrected chi connectivity index (χ3v) is 4.31. The second-order valence-corrected chi connectivity index (χ2v) is 5.62. The number of nitrogens with zero attached hydrogens (tertiary/aromatic N) is 1. The largest absolute Gasteiger partial charge is 0.481 e. The molecule has 0 amide bonds. The van der Waals surface area contributed by atoms with Crippen molar-refractivity contribution in [3.63, 3.8) is 0 Å². The van der Waals surface area contributed by atoms with Gasteiger partial charge >= 0.3 is 5.97 Å². The van der Waals surface area contributed by atoms with E-state index in [-0.39, 0.29) is 5.69 Å². The van der Waals surface area contributed by atoms with Crippen LogP contribution in [-0.4, -0.2) is 16.0 Å². The van der Waals surface area contributed by atoms with Crippen LogP contribution in [0.4, 0.5) is 5.69 Å². The van der Waals surface area contributed by atoms with Crippen LogP contribution >= 0.6 is 15.9 Å². The lowest BCUT2D eigenvalue weighted by atomic mass is 9.74. The maximum Gasteiger partial charge on any atom is 0.314 e. The highest BCUT2D eigenvalue weighted by Crippen LogP contribution is 2.39. The number of nitro groups is 1. The second-order valence-electron chi connectivity index (χ2n) is 4.77. The lowest BCUT2D eigenvalue weighted by Crippen LogP contribution is -2.35. The highest BCUT2D eigenvalue weighted by Gasteiger charge is 2.39. The van der Waals surface area contributed by atoms with E-state index in [1.807, 2.05) is 13.8 Å². The molecule has 1 N–H and O–H groups in total. The maximum atomic E-state index is 11.8. The molecule has 1 aromatic carbocycles. The van der Waals surface area contributed by atoms with Crippen molar-refractivity contribution in [3.05, 3.63) is 38.3 Å². The van der Waals surface area contributed by atoms with Crippen molar-refractivity contribution in [2.75, 3.05) is 0 Å². The summed E-state index contributed by atoms with van der Waals surface area (Å²) >= 11 is 3.28. The predicted octanol–water partition coefficient (Wildman–Crippen LogP) is 4.28. The zero-order valence-electron chi connectivity index (χ0n) is 11.6. The number of carboxylic acid groups (broad SMARTS) is 1. The molecular formula is C14H18BrNO4. The van der Waals surface area contributed by atoms with Gasteiger partial charge in [0.15, 0.2) is 0 Å². The summed E-state index contributed by atoms with van der Waals surface area (Å²) in [6.07, 6.45) is 2.66. The molecule has 0 fully saturated rings. The predicted molar refractivity (Wildman–Crippen MR) is 79.9 cm³/mol. The Bertz CT molecular complexity index is 518. The molecule has 0 aliphatic carbocycles. The van der Waals surface area contributed by atoms with Gasteiger partial charge in [-0.05, 0) is 24.5 Å². The molecule has 110 valence electrons. The Labute approximate surface area is 126 Å². The van der Waals surface area contributed by atoms with E-state index >= 15 is 0 Å². The Morgan fingerprint density at radius 1 is 1.45 bits per heavy atom. The highest BCUT2D eigenvalue weighted by atomic mass is 79.9. The van der Waals surface area contributed by atoms with Crippen LogP contribution in [0.3, 0.4) is 0 Å². The number of non-ortho nitro benzene ring substituents is 1. The molecule has 0 heterocycles. The molecule has 0 saturated carbocycles. The summed E-state index contributed by atoms with van der Waals surface area (Å²) in [7, 11) is 0. The fourth-order valence-corrected chi connectivity index (χ4v) is 3.11. The molecule has 1 unspecified atom stereocenters. The van der Waals surface area contributed by atoms with Gasteiger partial charge in [0.1, 0.15) is 0 Å². The number of rotatable bonds is 7. The molecule has 0 spiro atoms. The zero-order valence-corrected chi connectivity index (χ0v) is 13.1. The normalized spacial score (nSPS) is 13.8. The smallest absolute Gasteiger partial charge is 0.314 e. The maximum absolute atomic E-state index is 11.8. The number of benzene rings is 1. The third kappa shape index (κ3) is 3.17. The van der Waals surface area contributed by atoms with E-state index in [1.54, 1.807) is 6.07 Å². The fourth-order valence-electron chi connectivity index (χ4n) is 2.36. The molecule has 0 bridgehead atoms. The fraction of sp³-hybridized carbons (Fsp3) is 0.500. The van der Waals surface area contributed by atoms with Gasteiger partial charge in [-0.15, -0.1) is 0 Å². The number of unbranched alkanes of at least 4 members (excludes halogenated alkanes) is 1. The summed E-state index contributed by atoms with van der Waals surface area (Å²) < 4.78 is 0.479. The first-order chi connectivity index (χ1) is 9.39. The van der Waals surface area contributed by atoms with Crippen molar-refractivity contribution >= 4 is 27.6 Å². The van der Waals surface area contributed by atoms with Crippen LogP contribution in [0.1, 0.15) is 45.1 Å². The van der Waals surface area contributed by atoms with Gasteiger partial charge < -0.3 is 5.11 Å². The molecule has 5 nitrogen and oxygen atoms in total. The topological polar surface area (TPSA) is 80.4 Å². The number of hydrogen-bond acceptors (Lipinski definition) is 3. The van der Waals surface area contributed by atoms with Gasteiger partial charge in [0.2, 0.25) is 0 Å². The van der Waals surface area contributed by atoms with E-state index in [2.05, 4.69) is 15.9 Å². The molecule has 1 rings (SSSR count). The van der Waals surface area contributed by atoms with Crippen LogP contribution in [0.25, 0.3) is 0 Å². The number of carboxylic acids is 1. The van der Waals surface area contributed by atoms with Crippen LogP contribution in [0.15, 0.2) is 22.7 Å². The lowest BCUT2D eigenvalue weighted by Gasteiger charge is -2.29. The number of aliphatic carboxylic acids is 1. The summed E-state index contributed by atoms with van der Waals surface area (Å²) in [5.41, 5.74) is -0.442. The number of carbonyl (C=O) groups is 1. The van der Waals surface area contributed by atoms with E-state index in [0.717, 1.165) is 12.8 Å². The van der Waals surface area contributed by atoms with Crippen molar-refractivity contribution in [1.29, 1.82) is 0 Å². The monoisotopic (exact) mass is 343 g/mol. The first-order valence-corrected chi connectivity index (χ1v) is 7.36. The van der Waals surface area contributed by atoms with Crippen molar-refractivity contribution in [1.82, 2.24) is 0 Å². The molecule has 20 heavy (non-hydrogen) atoms. The minimum atomic E-state index is -0.996. The summed E-state index contributed by atoms with van der Waals surface area (Å²) in [5, 5.41) is 20.4. The van der Waals surface area contributed by atoms with Crippen LogP contribution in [-0.2, 0) is 10.2 Å². The van der Waals surface area contributed by atoms with Gasteiger partial charge in [0, 0.05) is 16.6 Å². The number of hydrogen-bond donors (Lipinski definition) is 1. The van der Waals surface area contributed by atoms with Crippen molar-refractivity contribution in [3.8, 4) is 0 Å². The number of nitro benzene ring substituents is 1. The van der Waals surface area contributed by atoms with Gasteiger partial charge in [-0.1, -0.05) is 42.6 Å². The van der Waals surface area contributed by atoms with Crippen LogP contribution in [0.2, 0.25) is 0 Å². The Balaban J connectivity index is 3.34. The van der Waals surface area contributed by atoms with Crippen molar-refractivity contribution in [2.45, 2.75) is 44.9 Å². The van der Waals surface area contributed by atoms with Gasteiger partial charge in [-0.3, -0.25) is 14.9 Å². The summed E-state index contributed by atoms with van der Waals surface area (Å²) in [5.74, 6) is -0.886. The molecule has 6 heteroatoms. The lowest BCUT2D eigenvalue weighted by molar-refractivity contribution is -0.385. The summed E-state index contributed by atoms with van der Waals surface area (Å²) in [4.78, 5) is 22.0. The molecule has 0 radical (unpaired) electrons. The molecular weight excluding hydrogens is 326 g/mol. The average molecular weight is 344 g/mol. The molecule has 1 aromatic rings. The van der Waals surface area contributed by atoms with E-state index < -0.39 is 16.3 Å². The zero-order chi connectivity index (χ0) is 15.3. The Hall–Kier alpha value is -1.43. The first-order valence-electron chi connectivity index (χ1n) is 6.56. The Kier molecular flexibility index (Phi) is 5.68. The third-order valence-electron chi connectivity index (χ3n) is 3.65. The van der Waals surface area contributed by atoms with Crippen molar-refractivity contribution in [2.24, 2.45) is 0 Å². The van der Waals surface area contributed by atoms with E-state index in [4.69, 9.17) is 0 Å². The molecule has 0 aromatic heterocycles. The van der Waals surface area contributed by atoms with Crippen LogP contribution in [0.5, 0.6) is 0 Å². The highest BCUT2D eigenvalue weighted by molar-refractivity contribution is 9.10. The van der Waals surface area contributed by atoms with Crippen LogP contribution in [0, 0.1) is 10.1 Å². The first kappa shape index (κ1) is 16.6. The summed E-state index contributed by atoms with van der Waals surface area (Å²) in [6.45, 7) is 3.84. The van der Waals surface area contributed by atoms with Gasteiger partial charge in [-0.2, -0.15) is 0 Å². The molecule has 0 saturated heterocycles. The second kappa shape index (κ2) is 6.83. The van der Waals surface area contributed by atoms with E-state index in [0.29, 0.717) is 22.9 Å². The Morgan fingerprint density at radius 2 is 2.10 bits per heavy atom. The van der Waals surface area contributed by atoms with Gasteiger partial charge in [0.05, 0.1) is 10.3 Å². The van der Waals surface area contributed by atoms with E-state index in [9.17, 15) is 20.0 Å². The minimum absolute atomic E-state index is 0.0495. The number of halogens is 1. The molecule has 1 atom stereocenters. The Morgan fingerprint density at radius 3 is 2.50 bits per heavy atom. The SMILES string of the molecule is CCCCC(CC)(C(=O)O)c1ccc([N+](=O)[O-])cc1Br. The van der Waals surface area contributed by atoms with Crippen LogP contribution < -0.4 is 0 Å². The summed E-state index contributed by atoms with van der Waals surface area (Å²) in [6, 6.07) is 4.28. The minimum Gasteiger partial charge on any atom is -0.481 e.